The Morgan fingerprint density at radius 2 is 2.12 bits per heavy atom. The molecule has 0 spiro atoms. The fourth-order valence-corrected chi connectivity index (χ4v) is 2.60. The number of benzene rings is 2. The molecule has 0 saturated carbocycles. The van der Waals surface area contributed by atoms with Gasteiger partial charge in [-0.25, -0.2) is 0 Å². The molecule has 126 valence electrons. The third kappa shape index (κ3) is 3.95. The number of ether oxygens (including phenoxy) is 2. The molecule has 1 aliphatic heterocycles. The van der Waals surface area contributed by atoms with Crippen LogP contribution in [0.2, 0.25) is 0 Å². The van der Waals surface area contributed by atoms with Crippen LogP contribution in [0.4, 0.5) is 0 Å². The van der Waals surface area contributed by atoms with Crippen molar-refractivity contribution in [3.63, 3.8) is 0 Å². The van der Waals surface area contributed by atoms with E-state index in [1.165, 1.54) is 0 Å². The Morgan fingerprint density at radius 3 is 3.00 bits per heavy atom. The molecule has 0 bridgehead atoms. The molecule has 1 atom stereocenters. The van der Waals surface area contributed by atoms with Crippen LogP contribution in [0.5, 0.6) is 5.75 Å². The Labute approximate surface area is 145 Å². The van der Waals surface area contributed by atoms with Gasteiger partial charge in [0.05, 0.1) is 12.1 Å². The lowest BCUT2D eigenvalue weighted by Crippen LogP contribution is -2.22. The highest BCUT2D eigenvalue weighted by Gasteiger charge is 2.23. The highest BCUT2D eigenvalue weighted by molar-refractivity contribution is 5.97. The van der Waals surface area contributed by atoms with Crippen LogP contribution in [0.1, 0.15) is 15.9 Å². The number of carbonyl (C=O) groups is 1. The molecular weight excluding hydrogens is 316 g/mol. The Bertz CT molecular complexity index is 906. The van der Waals surface area contributed by atoms with Gasteiger partial charge < -0.3 is 14.8 Å². The van der Waals surface area contributed by atoms with Crippen LogP contribution < -0.4 is 10.1 Å². The van der Waals surface area contributed by atoms with E-state index >= 15 is 0 Å². The van der Waals surface area contributed by atoms with Crippen LogP contribution in [0, 0.1) is 0 Å². The summed E-state index contributed by atoms with van der Waals surface area (Å²) in [6, 6.07) is 17.0. The number of pyridine rings is 1. The molecule has 1 N–H and O–H groups in total. The van der Waals surface area contributed by atoms with E-state index in [9.17, 15) is 4.79 Å². The van der Waals surface area contributed by atoms with Crippen molar-refractivity contribution in [1.82, 2.24) is 10.3 Å². The zero-order valence-electron chi connectivity index (χ0n) is 13.6. The summed E-state index contributed by atoms with van der Waals surface area (Å²) in [7, 11) is 0. The molecule has 1 unspecified atom stereocenters. The lowest BCUT2D eigenvalue weighted by Gasteiger charge is -2.09. The van der Waals surface area contributed by atoms with E-state index in [4.69, 9.17) is 9.47 Å². The smallest absolute Gasteiger partial charge is 0.251 e. The molecule has 5 nitrogen and oxygen atoms in total. The molecule has 2 aromatic carbocycles. The van der Waals surface area contributed by atoms with E-state index in [0.717, 1.165) is 28.8 Å². The van der Waals surface area contributed by atoms with Crippen molar-refractivity contribution in [3.8, 4) is 5.75 Å². The predicted molar refractivity (Wildman–Crippen MR) is 94.6 cm³/mol. The first-order valence-corrected chi connectivity index (χ1v) is 8.24. The normalized spacial score (nSPS) is 15.8. The van der Waals surface area contributed by atoms with E-state index in [2.05, 4.69) is 10.3 Å². The Hall–Kier alpha value is -2.92. The van der Waals surface area contributed by atoms with Crippen molar-refractivity contribution in [1.29, 1.82) is 0 Å². The van der Waals surface area contributed by atoms with Gasteiger partial charge in [-0.3, -0.25) is 9.78 Å². The average molecular weight is 334 g/mol. The first-order chi connectivity index (χ1) is 12.3. The lowest BCUT2D eigenvalue weighted by molar-refractivity contribution is 0.0951. The second kappa shape index (κ2) is 6.91. The zero-order chi connectivity index (χ0) is 17.1. The van der Waals surface area contributed by atoms with E-state index < -0.39 is 0 Å². The second-order valence-corrected chi connectivity index (χ2v) is 6.01. The number of carbonyl (C=O) groups excluding carboxylic acids is 1. The Morgan fingerprint density at radius 1 is 1.20 bits per heavy atom. The third-order valence-electron chi connectivity index (χ3n) is 4.05. The van der Waals surface area contributed by atoms with Gasteiger partial charge in [-0.15, -0.1) is 0 Å². The van der Waals surface area contributed by atoms with E-state index in [-0.39, 0.29) is 12.0 Å². The van der Waals surface area contributed by atoms with Gasteiger partial charge in [-0.2, -0.15) is 0 Å². The minimum absolute atomic E-state index is 0.108. The van der Waals surface area contributed by atoms with Crippen LogP contribution in [0.3, 0.4) is 0 Å². The monoisotopic (exact) mass is 334 g/mol. The molecule has 1 amide bonds. The van der Waals surface area contributed by atoms with Crippen molar-refractivity contribution in [2.24, 2.45) is 0 Å². The first-order valence-electron chi connectivity index (χ1n) is 8.24. The Balaban J connectivity index is 1.39. The maximum Gasteiger partial charge on any atom is 0.251 e. The molecule has 1 aliphatic rings. The standard InChI is InChI=1S/C20H18N2O3/c23-20(16-6-7-19-15(10-16)4-2-8-21-19)22-11-14-3-1-5-17(9-14)24-12-18-13-25-18/h1-10,18H,11-13H2,(H,22,23). The number of nitrogens with zero attached hydrogens (tertiary/aromatic N) is 1. The van der Waals surface area contributed by atoms with Crippen LogP contribution >= 0.6 is 0 Å². The molecule has 0 aliphatic carbocycles. The number of hydrogen-bond acceptors (Lipinski definition) is 4. The fraction of sp³-hybridized carbons (Fsp3) is 0.200. The molecule has 1 aromatic heterocycles. The maximum atomic E-state index is 12.4. The topological polar surface area (TPSA) is 63.8 Å². The number of hydrogen-bond donors (Lipinski definition) is 1. The summed E-state index contributed by atoms with van der Waals surface area (Å²) in [6.45, 7) is 1.79. The van der Waals surface area contributed by atoms with Gasteiger partial charge in [-0.1, -0.05) is 18.2 Å². The molecule has 0 radical (unpaired) electrons. The largest absolute Gasteiger partial charge is 0.491 e. The summed E-state index contributed by atoms with van der Waals surface area (Å²) in [5, 5.41) is 3.90. The van der Waals surface area contributed by atoms with Crippen LogP contribution in [0.25, 0.3) is 10.9 Å². The van der Waals surface area contributed by atoms with Crippen molar-refractivity contribution >= 4 is 16.8 Å². The molecular formula is C20H18N2O3. The average Bonchev–Trinajstić information content (AvgIpc) is 3.49. The summed E-state index contributed by atoms with van der Waals surface area (Å²) in [6.07, 6.45) is 1.97. The van der Waals surface area contributed by atoms with Gasteiger partial charge in [0.1, 0.15) is 18.5 Å². The predicted octanol–water partition coefficient (Wildman–Crippen LogP) is 2.94. The quantitative estimate of drug-likeness (QED) is 0.704. The highest BCUT2D eigenvalue weighted by Crippen LogP contribution is 2.17. The van der Waals surface area contributed by atoms with Gasteiger partial charge in [0.25, 0.3) is 5.91 Å². The third-order valence-corrected chi connectivity index (χ3v) is 4.05. The number of nitrogens with one attached hydrogen (secondary N) is 1. The first kappa shape index (κ1) is 15.6. The summed E-state index contributed by atoms with van der Waals surface area (Å²) in [5.74, 6) is 0.683. The summed E-state index contributed by atoms with van der Waals surface area (Å²) in [4.78, 5) is 16.7. The number of epoxide rings is 1. The molecule has 1 saturated heterocycles. The Kier molecular flexibility index (Phi) is 4.31. The number of aromatic nitrogens is 1. The SMILES string of the molecule is O=C(NCc1cccc(OCC2CO2)c1)c1ccc2ncccc2c1. The summed E-state index contributed by atoms with van der Waals surface area (Å²) >= 11 is 0. The molecule has 5 heteroatoms. The van der Waals surface area contributed by atoms with E-state index in [1.54, 1.807) is 12.3 Å². The molecule has 1 fully saturated rings. The minimum Gasteiger partial charge on any atom is -0.491 e. The summed E-state index contributed by atoms with van der Waals surface area (Å²) < 4.78 is 10.8. The molecule has 4 rings (SSSR count). The van der Waals surface area contributed by atoms with Gasteiger partial charge >= 0.3 is 0 Å². The van der Waals surface area contributed by atoms with Crippen LogP contribution in [0.15, 0.2) is 60.8 Å². The fourth-order valence-electron chi connectivity index (χ4n) is 2.60. The van der Waals surface area contributed by atoms with Crippen LogP contribution in [-0.4, -0.2) is 30.2 Å². The highest BCUT2D eigenvalue weighted by atomic mass is 16.6. The van der Waals surface area contributed by atoms with Crippen molar-refractivity contribution in [3.05, 3.63) is 71.9 Å². The van der Waals surface area contributed by atoms with E-state index in [1.807, 2.05) is 48.5 Å². The number of rotatable bonds is 6. The maximum absolute atomic E-state index is 12.4. The van der Waals surface area contributed by atoms with Crippen molar-refractivity contribution < 1.29 is 14.3 Å². The minimum atomic E-state index is -0.108. The number of fused-ring (bicyclic) bond motifs is 1. The molecule has 3 aromatic rings. The zero-order valence-corrected chi connectivity index (χ0v) is 13.6. The summed E-state index contributed by atoms with van der Waals surface area (Å²) in [5.41, 5.74) is 2.49. The molecule has 2 heterocycles. The van der Waals surface area contributed by atoms with Crippen molar-refractivity contribution in [2.45, 2.75) is 12.6 Å². The number of amides is 1. The van der Waals surface area contributed by atoms with Crippen LogP contribution in [-0.2, 0) is 11.3 Å². The molecule has 25 heavy (non-hydrogen) atoms. The lowest BCUT2D eigenvalue weighted by atomic mass is 10.1. The second-order valence-electron chi connectivity index (χ2n) is 6.01. The van der Waals surface area contributed by atoms with Gasteiger partial charge in [0.2, 0.25) is 0 Å². The van der Waals surface area contributed by atoms with Crippen molar-refractivity contribution in [2.75, 3.05) is 13.2 Å². The van der Waals surface area contributed by atoms with Gasteiger partial charge in [-0.05, 0) is 42.0 Å². The van der Waals surface area contributed by atoms with Gasteiger partial charge in [0, 0.05) is 23.7 Å². The van der Waals surface area contributed by atoms with E-state index in [0.29, 0.717) is 18.7 Å². The van der Waals surface area contributed by atoms with Gasteiger partial charge in [0.15, 0.2) is 0 Å².